The number of morpholine rings is 1. The normalized spacial score (nSPS) is 15.7. The third-order valence-electron chi connectivity index (χ3n) is 4.15. The van der Waals surface area contributed by atoms with Gasteiger partial charge in [-0.05, 0) is 30.7 Å². The van der Waals surface area contributed by atoms with E-state index in [1.165, 1.54) is 16.4 Å². The van der Waals surface area contributed by atoms with Crippen molar-refractivity contribution in [1.82, 2.24) is 9.21 Å². The zero-order valence-corrected chi connectivity index (χ0v) is 15.2. The van der Waals surface area contributed by atoms with E-state index in [9.17, 15) is 13.2 Å². The van der Waals surface area contributed by atoms with Crippen molar-refractivity contribution in [1.29, 1.82) is 0 Å². The Hall–Kier alpha value is -1.44. The first-order chi connectivity index (χ1) is 11.5. The van der Waals surface area contributed by atoms with Gasteiger partial charge in [0.1, 0.15) is 0 Å². The minimum Gasteiger partial charge on any atom is -0.378 e. The van der Waals surface area contributed by atoms with Gasteiger partial charge in [0, 0.05) is 31.7 Å². The molecule has 134 valence electrons. The molecule has 7 heteroatoms. The summed E-state index contributed by atoms with van der Waals surface area (Å²) < 4.78 is 32.1. The van der Waals surface area contributed by atoms with Crippen LogP contribution in [0.15, 0.2) is 29.2 Å². The van der Waals surface area contributed by atoms with Crippen LogP contribution in [-0.2, 0) is 14.8 Å². The van der Waals surface area contributed by atoms with Gasteiger partial charge in [-0.15, -0.1) is 0 Å². The molecule has 0 unspecified atom stereocenters. The fourth-order valence-electron chi connectivity index (χ4n) is 2.65. The second-order valence-electron chi connectivity index (χ2n) is 5.78. The summed E-state index contributed by atoms with van der Waals surface area (Å²) in [6.45, 7) is 7.05. The van der Waals surface area contributed by atoms with Gasteiger partial charge in [-0.25, -0.2) is 8.42 Å². The number of nitrogens with zero attached hydrogens (tertiary/aromatic N) is 2. The molecule has 0 bridgehead atoms. The number of sulfonamides is 1. The van der Waals surface area contributed by atoms with Gasteiger partial charge in [0.05, 0.1) is 18.1 Å². The highest BCUT2D eigenvalue weighted by Gasteiger charge is 2.24. The topological polar surface area (TPSA) is 66.9 Å². The van der Waals surface area contributed by atoms with Crippen molar-refractivity contribution >= 4 is 15.9 Å². The van der Waals surface area contributed by atoms with Crippen LogP contribution in [0, 0.1) is 0 Å². The van der Waals surface area contributed by atoms with Crippen molar-refractivity contribution in [3.63, 3.8) is 0 Å². The molecule has 1 aromatic rings. The summed E-state index contributed by atoms with van der Waals surface area (Å²) in [5.74, 6) is -0.0828. The molecule has 1 aliphatic rings. The van der Waals surface area contributed by atoms with E-state index in [-0.39, 0.29) is 10.8 Å². The van der Waals surface area contributed by atoms with E-state index in [2.05, 4.69) is 0 Å². The van der Waals surface area contributed by atoms with Gasteiger partial charge >= 0.3 is 0 Å². The largest absolute Gasteiger partial charge is 0.378 e. The fourth-order valence-corrected chi connectivity index (χ4v) is 4.14. The average Bonchev–Trinajstić information content (AvgIpc) is 2.62. The van der Waals surface area contributed by atoms with Crippen LogP contribution in [0.3, 0.4) is 0 Å². The first kappa shape index (κ1) is 18.9. The van der Waals surface area contributed by atoms with E-state index in [0.29, 0.717) is 45.0 Å². The Balaban J connectivity index is 2.13. The number of amides is 1. The molecular formula is C17H26N2O4S. The van der Waals surface area contributed by atoms with E-state index in [0.717, 1.165) is 12.8 Å². The summed E-state index contributed by atoms with van der Waals surface area (Å²) in [5.41, 5.74) is 0.507. The highest BCUT2D eigenvalue weighted by molar-refractivity contribution is 7.89. The average molecular weight is 354 g/mol. The Bertz CT molecular complexity index is 637. The molecule has 1 fully saturated rings. The lowest BCUT2D eigenvalue weighted by molar-refractivity contribution is 0.0303. The van der Waals surface area contributed by atoms with Crippen LogP contribution in [0.5, 0.6) is 0 Å². The van der Waals surface area contributed by atoms with Gasteiger partial charge in [0.25, 0.3) is 5.91 Å². The number of carbonyl (C=O) groups is 1. The Morgan fingerprint density at radius 1 is 1.17 bits per heavy atom. The van der Waals surface area contributed by atoms with Gasteiger partial charge in [-0.3, -0.25) is 4.79 Å². The maximum atomic E-state index is 12.7. The predicted octanol–water partition coefficient (Wildman–Crippen LogP) is 1.97. The summed E-state index contributed by atoms with van der Waals surface area (Å²) in [6.07, 6.45) is 1.78. The number of unbranched alkanes of at least 4 members (excludes halogenated alkanes) is 1. The van der Waals surface area contributed by atoms with E-state index >= 15 is 0 Å². The highest BCUT2D eigenvalue weighted by Crippen LogP contribution is 2.18. The standard InChI is InChI=1S/C17H26N2O4S/c1-3-5-10-19(4-2)24(21,22)16-8-6-15(7-9-16)17(20)18-11-13-23-14-12-18/h6-9H,3-5,10-14H2,1-2H3. The molecule has 0 aromatic heterocycles. The maximum absolute atomic E-state index is 12.7. The molecule has 0 aliphatic carbocycles. The molecule has 24 heavy (non-hydrogen) atoms. The quantitative estimate of drug-likeness (QED) is 0.751. The third-order valence-corrected chi connectivity index (χ3v) is 6.14. The SMILES string of the molecule is CCCCN(CC)S(=O)(=O)c1ccc(C(=O)N2CCOCC2)cc1. The highest BCUT2D eigenvalue weighted by atomic mass is 32.2. The zero-order valence-electron chi connectivity index (χ0n) is 14.4. The van der Waals surface area contributed by atoms with Crippen LogP contribution in [0.2, 0.25) is 0 Å². The number of benzene rings is 1. The van der Waals surface area contributed by atoms with Crippen molar-refractivity contribution in [3.8, 4) is 0 Å². The van der Waals surface area contributed by atoms with Crippen molar-refractivity contribution < 1.29 is 17.9 Å². The Labute approximate surface area is 144 Å². The zero-order chi connectivity index (χ0) is 17.6. The Morgan fingerprint density at radius 3 is 2.33 bits per heavy atom. The van der Waals surface area contributed by atoms with E-state index in [4.69, 9.17) is 4.74 Å². The van der Waals surface area contributed by atoms with Crippen molar-refractivity contribution in [2.45, 2.75) is 31.6 Å². The molecule has 6 nitrogen and oxygen atoms in total. The molecule has 0 spiro atoms. The monoisotopic (exact) mass is 354 g/mol. The Kier molecular flexibility index (Phi) is 6.77. The smallest absolute Gasteiger partial charge is 0.254 e. The first-order valence-electron chi connectivity index (χ1n) is 8.48. The van der Waals surface area contributed by atoms with Crippen molar-refractivity contribution in [3.05, 3.63) is 29.8 Å². The van der Waals surface area contributed by atoms with E-state index < -0.39 is 10.0 Å². The van der Waals surface area contributed by atoms with Crippen LogP contribution in [0.1, 0.15) is 37.0 Å². The van der Waals surface area contributed by atoms with Crippen molar-refractivity contribution in [2.75, 3.05) is 39.4 Å². The van der Waals surface area contributed by atoms with Gasteiger partial charge in [-0.2, -0.15) is 4.31 Å². The molecular weight excluding hydrogens is 328 g/mol. The van der Waals surface area contributed by atoms with Crippen LogP contribution in [0.4, 0.5) is 0 Å². The predicted molar refractivity (Wildman–Crippen MR) is 92.5 cm³/mol. The second-order valence-corrected chi connectivity index (χ2v) is 7.72. The summed E-state index contributed by atoms with van der Waals surface area (Å²) in [6, 6.07) is 6.24. The first-order valence-corrected chi connectivity index (χ1v) is 9.92. The minimum atomic E-state index is -3.50. The number of hydrogen-bond acceptors (Lipinski definition) is 4. The van der Waals surface area contributed by atoms with Gasteiger partial charge in [0.2, 0.25) is 10.0 Å². The van der Waals surface area contributed by atoms with Crippen LogP contribution >= 0.6 is 0 Å². The third kappa shape index (κ3) is 4.34. The van der Waals surface area contributed by atoms with E-state index in [1.807, 2.05) is 13.8 Å². The summed E-state index contributed by atoms with van der Waals surface area (Å²) in [5, 5.41) is 0. The molecule has 1 aromatic carbocycles. The number of rotatable bonds is 7. The molecule has 1 saturated heterocycles. The van der Waals surface area contributed by atoms with Gasteiger partial charge in [-0.1, -0.05) is 20.3 Å². The van der Waals surface area contributed by atoms with Crippen molar-refractivity contribution in [2.24, 2.45) is 0 Å². The maximum Gasteiger partial charge on any atom is 0.254 e. The number of carbonyl (C=O) groups excluding carboxylic acids is 1. The molecule has 0 radical (unpaired) electrons. The fraction of sp³-hybridized carbons (Fsp3) is 0.588. The summed E-state index contributed by atoms with van der Waals surface area (Å²) in [7, 11) is -3.50. The second kappa shape index (κ2) is 8.60. The summed E-state index contributed by atoms with van der Waals surface area (Å²) >= 11 is 0. The lowest BCUT2D eigenvalue weighted by Gasteiger charge is -2.27. The summed E-state index contributed by atoms with van der Waals surface area (Å²) in [4.78, 5) is 14.4. The molecule has 0 atom stereocenters. The van der Waals surface area contributed by atoms with Crippen LogP contribution < -0.4 is 0 Å². The van der Waals surface area contributed by atoms with Gasteiger partial charge < -0.3 is 9.64 Å². The molecule has 0 N–H and O–H groups in total. The molecule has 1 amide bonds. The van der Waals surface area contributed by atoms with E-state index in [1.54, 1.807) is 17.0 Å². The Morgan fingerprint density at radius 2 is 1.79 bits per heavy atom. The lowest BCUT2D eigenvalue weighted by Crippen LogP contribution is -2.40. The van der Waals surface area contributed by atoms with Gasteiger partial charge in [0.15, 0.2) is 0 Å². The molecule has 0 saturated carbocycles. The molecule has 2 rings (SSSR count). The number of ether oxygens (including phenoxy) is 1. The number of hydrogen-bond donors (Lipinski definition) is 0. The van der Waals surface area contributed by atoms with Crippen LogP contribution in [0.25, 0.3) is 0 Å². The molecule has 1 aliphatic heterocycles. The minimum absolute atomic E-state index is 0.0828. The van der Waals surface area contributed by atoms with Crippen LogP contribution in [-0.4, -0.2) is 62.9 Å². The molecule has 1 heterocycles. The lowest BCUT2D eigenvalue weighted by atomic mass is 10.2.